The number of anilines is 2. The minimum absolute atomic E-state index is 0.135. The number of para-hydroxylation sites is 1. The second-order valence-electron chi connectivity index (χ2n) is 5.44. The molecular formula is C17H18N4O2. The van der Waals surface area contributed by atoms with Crippen molar-refractivity contribution in [2.75, 3.05) is 23.4 Å². The van der Waals surface area contributed by atoms with Crippen molar-refractivity contribution < 1.29 is 4.92 Å². The molecule has 6 nitrogen and oxygen atoms in total. The average Bonchev–Trinajstić information content (AvgIpc) is 3.10. The number of hydrogen-bond acceptors (Lipinski definition) is 5. The maximum atomic E-state index is 11.3. The van der Waals surface area contributed by atoms with Crippen molar-refractivity contribution in [2.24, 2.45) is 5.10 Å². The number of nitrogens with zero attached hydrogens (tertiary/aromatic N) is 3. The van der Waals surface area contributed by atoms with E-state index in [1.54, 1.807) is 12.3 Å². The summed E-state index contributed by atoms with van der Waals surface area (Å²) in [5.74, 6) is 0. The van der Waals surface area contributed by atoms with Crippen LogP contribution in [0.25, 0.3) is 0 Å². The van der Waals surface area contributed by atoms with E-state index in [1.165, 1.54) is 0 Å². The van der Waals surface area contributed by atoms with Gasteiger partial charge in [-0.3, -0.25) is 15.5 Å². The van der Waals surface area contributed by atoms with Gasteiger partial charge >= 0.3 is 0 Å². The summed E-state index contributed by atoms with van der Waals surface area (Å²) in [7, 11) is 0. The fraction of sp³-hybridized carbons (Fsp3) is 0.235. The SMILES string of the molecule is O=[N+]([O-])c1cc(C=NNc2ccccc2)ccc1N1CCCC1. The van der Waals surface area contributed by atoms with Gasteiger partial charge in [-0.25, -0.2) is 0 Å². The lowest BCUT2D eigenvalue weighted by atomic mass is 10.1. The average molecular weight is 310 g/mol. The predicted octanol–water partition coefficient (Wildman–Crippen LogP) is 3.64. The number of nitro benzene ring substituents is 1. The first-order chi connectivity index (χ1) is 11.2. The van der Waals surface area contributed by atoms with Crippen LogP contribution in [-0.4, -0.2) is 24.2 Å². The van der Waals surface area contributed by atoms with Crippen molar-refractivity contribution in [3.63, 3.8) is 0 Å². The summed E-state index contributed by atoms with van der Waals surface area (Å²) in [6.07, 6.45) is 3.76. The zero-order chi connectivity index (χ0) is 16.1. The normalized spacial score (nSPS) is 14.3. The molecule has 1 aliphatic heterocycles. The van der Waals surface area contributed by atoms with Gasteiger partial charge in [-0.2, -0.15) is 5.10 Å². The fourth-order valence-electron chi connectivity index (χ4n) is 2.69. The molecule has 6 heteroatoms. The molecule has 0 spiro atoms. The van der Waals surface area contributed by atoms with Crippen LogP contribution in [0.4, 0.5) is 17.1 Å². The van der Waals surface area contributed by atoms with Crippen molar-refractivity contribution in [3.8, 4) is 0 Å². The van der Waals surface area contributed by atoms with Gasteiger partial charge in [0, 0.05) is 24.7 Å². The van der Waals surface area contributed by atoms with Crippen LogP contribution in [-0.2, 0) is 0 Å². The summed E-state index contributed by atoms with van der Waals surface area (Å²) < 4.78 is 0. The van der Waals surface area contributed by atoms with Crippen LogP contribution in [0.3, 0.4) is 0 Å². The largest absolute Gasteiger partial charge is 0.366 e. The van der Waals surface area contributed by atoms with Crippen LogP contribution < -0.4 is 10.3 Å². The molecular weight excluding hydrogens is 292 g/mol. The fourth-order valence-corrected chi connectivity index (χ4v) is 2.69. The quantitative estimate of drug-likeness (QED) is 0.520. The Labute approximate surface area is 134 Å². The predicted molar refractivity (Wildman–Crippen MR) is 92.2 cm³/mol. The highest BCUT2D eigenvalue weighted by atomic mass is 16.6. The monoisotopic (exact) mass is 310 g/mol. The Bertz CT molecular complexity index is 710. The highest BCUT2D eigenvalue weighted by Gasteiger charge is 2.22. The second kappa shape index (κ2) is 6.91. The molecule has 1 saturated heterocycles. The minimum atomic E-state index is -0.324. The lowest BCUT2D eigenvalue weighted by Gasteiger charge is -2.17. The van der Waals surface area contributed by atoms with E-state index in [1.807, 2.05) is 42.5 Å². The first-order valence-electron chi connectivity index (χ1n) is 7.61. The summed E-state index contributed by atoms with van der Waals surface area (Å²) in [6.45, 7) is 1.76. The summed E-state index contributed by atoms with van der Waals surface area (Å²) in [5.41, 5.74) is 5.30. The van der Waals surface area contributed by atoms with Crippen LogP contribution in [0.15, 0.2) is 53.6 Å². The van der Waals surface area contributed by atoms with Crippen LogP contribution in [0.2, 0.25) is 0 Å². The van der Waals surface area contributed by atoms with E-state index < -0.39 is 0 Å². The topological polar surface area (TPSA) is 70.8 Å². The molecule has 0 aromatic heterocycles. The Morgan fingerprint density at radius 1 is 1.13 bits per heavy atom. The third-order valence-electron chi connectivity index (χ3n) is 3.82. The van der Waals surface area contributed by atoms with Gasteiger partial charge < -0.3 is 4.90 Å². The Balaban J connectivity index is 1.77. The third-order valence-corrected chi connectivity index (χ3v) is 3.82. The Hall–Kier alpha value is -2.89. The molecule has 0 saturated carbocycles. The molecule has 118 valence electrons. The van der Waals surface area contributed by atoms with Crippen molar-refractivity contribution in [1.29, 1.82) is 0 Å². The van der Waals surface area contributed by atoms with Gasteiger partial charge in [-0.1, -0.05) is 24.3 Å². The lowest BCUT2D eigenvalue weighted by molar-refractivity contribution is -0.384. The van der Waals surface area contributed by atoms with Crippen molar-refractivity contribution in [2.45, 2.75) is 12.8 Å². The Morgan fingerprint density at radius 2 is 1.87 bits per heavy atom. The van der Waals surface area contributed by atoms with E-state index in [-0.39, 0.29) is 10.6 Å². The van der Waals surface area contributed by atoms with Crippen LogP contribution in [0.5, 0.6) is 0 Å². The molecule has 2 aromatic rings. The molecule has 0 bridgehead atoms. The van der Waals surface area contributed by atoms with Gasteiger partial charge in [0.1, 0.15) is 5.69 Å². The van der Waals surface area contributed by atoms with E-state index in [0.717, 1.165) is 31.6 Å². The van der Waals surface area contributed by atoms with E-state index in [9.17, 15) is 10.1 Å². The molecule has 0 unspecified atom stereocenters. The maximum absolute atomic E-state index is 11.3. The summed E-state index contributed by atoms with van der Waals surface area (Å²) >= 11 is 0. The van der Waals surface area contributed by atoms with Crippen molar-refractivity contribution in [1.82, 2.24) is 0 Å². The van der Waals surface area contributed by atoms with E-state index in [4.69, 9.17) is 0 Å². The van der Waals surface area contributed by atoms with Gasteiger partial charge in [0.15, 0.2) is 0 Å². The highest BCUT2D eigenvalue weighted by molar-refractivity contribution is 5.83. The zero-order valence-electron chi connectivity index (χ0n) is 12.7. The molecule has 1 fully saturated rings. The Kier molecular flexibility index (Phi) is 4.52. The van der Waals surface area contributed by atoms with E-state index in [2.05, 4.69) is 15.4 Å². The number of benzene rings is 2. The van der Waals surface area contributed by atoms with Gasteiger partial charge in [-0.05, 0) is 31.0 Å². The zero-order valence-corrected chi connectivity index (χ0v) is 12.7. The molecule has 0 aliphatic carbocycles. The van der Waals surface area contributed by atoms with Gasteiger partial charge in [0.25, 0.3) is 5.69 Å². The number of nitro groups is 1. The number of nitrogens with one attached hydrogen (secondary N) is 1. The van der Waals surface area contributed by atoms with Gasteiger partial charge in [0.05, 0.1) is 16.8 Å². The standard InChI is InChI=1S/C17H18N4O2/c22-21(23)17-12-14(8-9-16(17)20-10-4-5-11-20)13-18-19-15-6-2-1-3-7-15/h1-3,6-9,12-13,19H,4-5,10-11H2. The summed E-state index contributed by atoms with van der Waals surface area (Å²) in [4.78, 5) is 13.1. The number of hydrazone groups is 1. The first-order valence-corrected chi connectivity index (χ1v) is 7.61. The molecule has 3 rings (SSSR count). The van der Waals surface area contributed by atoms with Crippen LogP contribution >= 0.6 is 0 Å². The first kappa shape index (κ1) is 15.0. The van der Waals surface area contributed by atoms with Gasteiger partial charge in [-0.15, -0.1) is 0 Å². The smallest absolute Gasteiger partial charge is 0.293 e. The molecule has 0 atom stereocenters. The number of hydrogen-bond donors (Lipinski definition) is 1. The molecule has 23 heavy (non-hydrogen) atoms. The van der Waals surface area contributed by atoms with E-state index in [0.29, 0.717) is 11.3 Å². The van der Waals surface area contributed by atoms with Crippen molar-refractivity contribution in [3.05, 3.63) is 64.2 Å². The maximum Gasteiger partial charge on any atom is 0.293 e. The molecule has 0 amide bonds. The summed E-state index contributed by atoms with van der Waals surface area (Å²) in [6, 6.07) is 14.8. The molecule has 1 heterocycles. The molecule has 0 radical (unpaired) electrons. The van der Waals surface area contributed by atoms with Gasteiger partial charge in [0.2, 0.25) is 0 Å². The third kappa shape index (κ3) is 3.66. The van der Waals surface area contributed by atoms with Crippen molar-refractivity contribution >= 4 is 23.3 Å². The highest BCUT2D eigenvalue weighted by Crippen LogP contribution is 2.31. The van der Waals surface area contributed by atoms with Crippen LogP contribution in [0, 0.1) is 10.1 Å². The molecule has 1 aliphatic rings. The molecule has 2 aromatic carbocycles. The Morgan fingerprint density at radius 3 is 2.57 bits per heavy atom. The number of rotatable bonds is 5. The molecule has 1 N–H and O–H groups in total. The lowest BCUT2D eigenvalue weighted by Crippen LogP contribution is -2.18. The minimum Gasteiger partial charge on any atom is -0.366 e. The van der Waals surface area contributed by atoms with Crippen LogP contribution in [0.1, 0.15) is 18.4 Å². The summed E-state index contributed by atoms with van der Waals surface area (Å²) in [5, 5.41) is 15.5. The van der Waals surface area contributed by atoms with E-state index >= 15 is 0 Å². The second-order valence-corrected chi connectivity index (χ2v) is 5.44.